The zero-order valence-corrected chi connectivity index (χ0v) is 18.7. The number of anilines is 1. The minimum Gasteiger partial charge on any atom is -0.508 e. The molecule has 2 aliphatic rings. The van der Waals surface area contributed by atoms with Crippen LogP contribution in [0.3, 0.4) is 0 Å². The van der Waals surface area contributed by atoms with E-state index < -0.39 is 5.82 Å². The van der Waals surface area contributed by atoms with Crippen LogP contribution in [0.4, 0.5) is 10.2 Å². The van der Waals surface area contributed by atoms with Gasteiger partial charge in [0, 0.05) is 36.9 Å². The summed E-state index contributed by atoms with van der Waals surface area (Å²) in [6.45, 7) is 7.27. The number of piperazine rings is 1. The lowest BCUT2D eigenvalue weighted by molar-refractivity contribution is 0.380. The SMILES string of the molecule is C=Cc1cc(O)cc(-c2ncc3c(N4CC5CCC(C4)N5)nc(OC)nc3c2F)c1/C=C\C. The van der Waals surface area contributed by atoms with Gasteiger partial charge in [0.1, 0.15) is 22.8 Å². The summed E-state index contributed by atoms with van der Waals surface area (Å²) < 4.78 is 21.3. The van der Waals surface area contributed by atoms with Crippen LogP contribution >= 0.6 is 0 Å². The van der Waals surface area contributed by atoms with Crippen LogP contribution in [0.25, 0.3) is 34.3 Å². The van der Waals surface area contributed by atoms with Crippen molar-refractivity contribution in [1.82, 2.24) is 20.3 Å². The predicted molar refractivity (Wildman–Crippen MR) is 128 cm³/mol. The third-order valence-corrected chi connectivity index (χ3v) is 6.35. The monoisotopic (exact) mass is 447 g/mol. The number of rotatable bonds is 5. The van der Waals surface area contributed by atoms with Gasteiger partial charge in [-0.15, -0.1) is 0 Å². The van der Waals surface area contributed by atoms with E-state index >= 15 is 4.39 Å². The van der Waals surface area contributed by atoms with Gasteiger partial charge >= 0.3 is 6.01 Å². The second-order valence-electron chi connectivity index (χ2n) is 8.46. The summed E-state index contributed by atoms with van der Waals surface area (Å²) in [6, 6.07) is 3.99. The number of hydrogen-bond donors (Lipinski definition) is 2. The molecule has 2 aliphatic heterocycles. The largest absolute Gasteiger partial charge is 0.508 e. The molecule has 170 valence electrons. The van der Waals surface area contributed by atoms with Gasteiger partial charge in [0.05, 0.1) is 12.5 Å². The Labute approximate surface area is 191 Å². The fraction of sp³-hybridized carbons (Fsp3) is 0.320. The summed E-state index contributed by atoms with van der Waals surface area (Å²) in [5.74, 6) is 0.0511. The molecule has 1 aromatic carbocycles. The van der Waals surface area contributed by atoms with E-state index in [1.807, 2.05) is 19.1 Å². The molecule has 0 aliphatic carbocycles. The van der Waals surface area contributed by atoms with Crippen molar-refractivity contribution >= 4 is 28.9 Å². The molecular weight excluding hydrogens is 421 g/mol. The van der Waals surface area contributed by atoms with Crippen LogP contribution in [0, 0.1) is 5.82 Å². The van der Waals surface area contributed by atoms with E-state index in [0.29, 0.717) is 34.4 Å². The fourth-order valence-corrected chi connectivity index (χ4v) is 4.89. The average Bonchev–Trinajstić information content (AvgIpc) is 3.17. The van der Waals surface area contributed by atoms with E-state index in [-0.39, 0.29) is 23.0 Å². The second kappa shape index (κ2) is 8.44. The first-order valence-electron chi connectivity index (χ1n) is 11.1. The van der Waals surface area contributed by atoms with Gasteiger partial charge in [0.2, 0.25) is 0 Å². The Balaban J connectivity index is 1.71. The van der Waals surface area contributed by atoms with E-state index in [1.165, 1.54) is 13.2 Å². The zero-order valence-electron chi connectivity index (χ0n) is 18.7. The highest BCUT2D eigenvalue weighted by Crippen LogP contribution is 2.37. The first-order valence-corrected chi connectivity index (χ1v) is 11.1. The highest BCUT2D eigenvalue weighted by molar-refractivity contribution is 5.93. The maximum Gasteiger partial charge on any atom is 0.318 e. The van der Waals surface area contributed by atoms with Crippen molar-refractivity contribution in [2.24, 2.45) is 0 Å². The molecule has 2 atom stereocenters. The fourth-order valence-electron chi connectivity index (χ4n) is 4.89. The Hall–Kier alpha value is -3.52. The molecule has 0 saturated carbocycles. The first kappa shape index (κ1) is 21.3. The number of pyridine rings is 1. The van der Waals surface area contributed by atoms with E-state index in [1.54, 1.807) is 18.3 Å². The lowest BCUT2D eigenvalue weighted by Gasteiger charge is -2.34. The first-order chi connectivity index (χ1) is 16.0. The van der Waals surface area contributed by atoms with Crippen LogP contribution in [0.15, 0.2) is 31.0 Å². The Morgan fingerprint density at radius 1 is 1.24 bits per heavy atom. The minimum atomic E-state index is -0.584. The molecule has 8 heteroatoms. The Kier molecular flexibility index (Phi) is 5.46. The van der Waals surface area contributed by atoms with Gasteiger partial charge in [-0.25, -0.2) is 4.39 Å². The lowest BCUT2D eigenvalue weighted by atomic mass is 9.96. The summed E-state index contributed by atoms with van der Waals surface area (Å²) in [5, 5.41) is 14.4. The highest BCUT2D eigenvalue weighted by atomic mass is 19.1. The van der Waals surface area contributed by atoms with Gasteiger partial charge in [-0.2, -0.15) is 9.97 Å². The van der Waals surface area contributed by atoms with Crippen LogP contribution < -0.4 is 15.0 Å². The number of nitrogens with zero attached hydrogens (tertiary/aromatic N) is 4. The van der Waals surface area contributed by atoms with Crippen molar-refractivity contribution in [3.63, 3.8) is 0 Å². The third kappa shape index (κ3) is 3.70. The molecule has 2 saturated heterocycles. The molecule has 0 radical (unpaired) electrons. The van der Waals surface area contributed by atoms with Gasteiger partial charge in [-0.05, 0) is 43.0 Å². The number of fused-ring (bicyclic) bond motifs is 3. The molecule has 0 amide bonds. The van der Waals surface area contributed by atoms with E-state index in [9.17, 15) is 5.11 Å². The van der Waals surface area contributed by atoms with Crippen LogP contribution in [0.2, 0.25) is 0 Å². The summed E-state index contributed by atoms with van der Waals surface area (Å²) >= 11 is 0. The van der Waals surface area contributed by atoms with Gasteiger partial charge in [0.25, 0.3) is 0 Å². The highest BCUT2D eigenvalue weighted by Gasteiger charge is 2.34. The number of nitrogens with one attached hydrogen (secondary N) is 1. The van der Waals surface area contributed by atoms with Crippen molar-refractivity contribution in [1.29, 1.82) is 0 Å². The molecule has 2 unspecified atom stereocenters. The van der Waals surface area contributed by atoms with Gasteiger partial charge in [0.15, 0.2) is 5.82 Å². The Bertz CT molecular complexity index is 1260. The molecule has 2 aromatic heterocycles. The maximum atomic E-state index is 16.0. The van der Waals surface area contributed by atoms with Crippen molar-refractivity contribution in [3.8, 4) is 23.0 Å². The van der Waals surface area contributed by atoms with Crippen molar-refractivity contribution < 1.29 is 14.2 Å². The molecule has 7 nitrogen and oxygen atoms in total. The van der Waals surface area contributed by atoms with Crippen LogP contribution in [-0.4, -0.2) is 52.3 Å². The zero-order chi connectivity index (χ0) is 23.1. The number of hydrogen-bond acceptors (Lipinski definition) is 7. The number of aromatic nitrogens is 3. The summed E-state index contributed by atoms with van der Waals surface area (Å²) in [6.07, 6.45) is 9.18. The topological polar surface area (TPSA) is 83.4 Å². The number of ether oxygens (including phenoxy) is 1. The number of phenolic OH excluding ortho intramolecular Hbond substituents is 1. The van der Waals surface area contributed by atoms with Crippen molar-refractivity contribution in [3.05, 3.63) is 47.9 Å². The lowest BCUT2D eigenvalue weighted by Crippen LogP contribution is -2.51. The van der Waals surface area contributed by atoms with Crippen LogP contribution in [-0.2, 0) is 0 Å². The summed E-state index contributed by atoms with van der Waals surface area (Å²) in [7, 11) is 1.47. The molecule has 3 aromatic rings. The van der Waals surface area contributed by atoms with Gasteiger partial charge < -0.3 is 20.1 Å². The number of methoxy groups -OCH3 is 1. The van der Waals surface area contributed by atoms with Gasteiger partial charge in [-0.3, -0.25) is 4.98 Å². The normalized spacial score (nSPS) is 20.0. The molecular formula is C25H26FN5O2. The van der Waals surface area contributed by atoms with Crippen LogP contribution in [0.5, 0.6) is 11.8 Å². The van der Waals surface area contributed by atoms with E-state index in [0.717, 1.165) is 31.5 Å². The summed E-state index contributed by atoms with van der Waals surface area (Å²) in [4.78, 5) is 15.6. The Morgan fingerprint density at radius 2 is 2.00 bits per heavy atom. The minimum absolute atomic E-state index is 0.00620. The second-order valence-corrected chi connectivity index (χ2v) is 8.46. The quantitative estimate of drug-likeness (QED) is 0.608. The Morgan fingerprint density at radius 3 is 2.67 bits per heavy atom. The van der Waals surface area contributed by atoms with E-state index in [2.05, 4.69) is 31.7 Å². The number of allylic oxidation sites excluding steroid dienone is 1. The molecule has 5 rings (SSSR count). The number of phenols is 1. The smallest absolute Gasteiger partial charge is 0.318 e. The molecule has 2 bridgehead atoms. The number of benzene rings is 1. The third-order valence-electron chi connectivity index (χ3n) is 6.35. The van der Waals surface area contributed by atoms with Crippen molar-refractivity contribution in [2.45, 2.75) is 31.8 Å². The standard InChI is InChI=1S/C25H26FN5O2/c1-4-6-18-14(5-2)9-17(32)10-19(18)22-21(26)23-20(11-27-22)24(30-25(29-23)33-3)31-12-15-7-8-16(13-31)28-15/h4-6,9-11,15-16,28,32H,2,7-8,12-13H2,1,3H3/b6-4-. The number of halogens is 1. The molecule has 2 N–H and O–H groups in total. The number of aromatic hydroxyl groups is 1. The van der Waals surface area contributed by atoms with Crippen LogP contribution in [0.1, 0.15) is 30.9 Å². The van der Waals surface area contributed by atoms with Crippen molar-refractivity contribution in [2.75, 3.05) is 25.1 Å². The predicted octanol–water partition coefficient (Wildman–Crippen LogP) is 4.16. The molecule has 0 spiro atoms. The van der Waals surface area contributed by atoms with E-state index in [4.69, 9.17) is 4.74 Å². The maximum absolute atomic E-state index is 16.0. The van der Waals surface area contributed by atoms with Gasteiger partial charge in [-0.1, -0.05) is 24.8 Å². The molecule has 4 heterocycles. The molecule has 2 fully saturated rings. The molecule has 33 heavy (non-hydrogen) atoms. The average molecular weight is 448 g/mol. The summed E-state index contributed by atoms with van der Waals surface area (Å²) in [5.41, 5.74) is 2.10.